The lowest BCUT2D eigenvalue weighted by atomic mass is 9.91. The number of carbonyl (C=O) groups is 1. The van der Waals surface area contributed by atoms with Crippen molar-refractivity contribution in [3.8, 4) is 22.5 Å². The average Bonchev–Trinajstić information content (AvgIpc) is 3.52. The number of rotatable bonds is 9. The van der Waals surface area contributed by atoms with Gasteiger partial charge < -0.3 is 15.6 Å². The van der Waals surface area contributed by atoms with Gasteiger partial charge in [-0.3, -0.25) is 19.2 Å². The molecule has 4 aromatic rings. The number of aliphatic imine (C=N–C) groups is 1. The molecule has 200 valence electrons. The summed E-state index contributed by atoms with van der Waals surface area (Å²) in [5.74, 6) is 0.805. The minimum absolute atomic E-state index is 0.0400. The molecule has 1 unspecified atom stereocenters. The van der Waals surface area contributed by atoms with E-state index in [1.54, 1.807) is 31.0 Å². The van der Waals surface area contributed by atoms with E-state index in [1.807, 2.05) is 43.2 Å². The molecule has 39 heavy (non-hydrogen) atoms. The third-order valence-corrected chi connectivity index (χ3v) is 6.73. The summed E-state index contributed by atoms with van der Waals surface area (Å²) in [5, 5.41) is 20.2. The quantitative estimate of drug-likeness (QED) is 0.322. The lowest BCUT2D eigenvalue weighted by Crippen LogP contribution is -2.26. The second kappa shape index (κ2) is 11.0. The van der Waals surface area contributed by atoms with Gasteiger partial charge in [-0.05, 0) is 30.9 Å². The molecule has 0 fully saturated rings. The van der Waals surface area contributed by atoms with E-state index in [1.165, 1.54) is 11.1 Å². The maximum absolute atomic E-state index is 12.0. The highest BCUT2D eigenvalue weighted by Crippen LogP contribution is 2.39. The summed E-state index contributed by atoms with van der Waals surface area (Å²) in [6.45, 7) is 2.84. The first-order valence-electron chi connectivity index (χ1n) is 12.9. The van der Waals surface area contributed by atoms with E-state index in [0.29, 0.717) is 18.3 Å². The lowest BCUT2D eigenvalue weighted by molar-refractivity contribution is -0.129. The molecular weight excluding hydrogens is 492 g/mol. The Labute approximate surface area is 227 Å². The van der Waals surface area contributed by atoms with E-state index in [2.05, 4.69) is 32.5 Å². The fraction of sp³-hybridized carbons (Fsp3) is 0.321. The van der Waals surface area contributed by atoms with E-state index in [-0.39, 0.29) is 18.4 Å². The zero-order valence-electron chi connectivity index (χ0n) is 22.6. The van der Waals surface area contributed by atoms with Crippen molar-refractivity contribution in [2.45, 2.75) is 32.2 Å². The van der Waals surface area contributed by atoms with Gasteiger partial charge in [0.1, 0.15) is 6.54 Å². The Morgan fingerprint density at radius 3 is 2.72 bits per heavy atom. The van der Waals surface area contributed by atoms with Crippen molar-refractivity contribution >= 4 is 30.1 Å². The summed E-state index contributed by atoms with van der Waals surface area (Å²) in [7, 11) is 5.39. The highest BCUT2D eigenvalue weighted by Gasteiger charge is 2.27. The number of nitrogens with one attached hydrogen (secondary N) is 2. The van der Waals surface area contributed by atoms with Crippen molar-refractivity contribution in [2.24, 2.45) is 12.0 Å². The smallest absolute Gasteiger partial charge is 0.243 e. The molecule has 2 N–H and O–H groups in total. The molecule has 0 radical (unpaired) electrons. The Morgan fingerprint density at radius 1 is 1.21 bits per heavy atom. The second-order valence-electron chi connectivity index (χ2n) is 9.64. The zero-order valence-corrected chi connectivity index (χ0v) is 22.6. The highest BCUT2D eigenvalue weighted by atomic mass is 16.2. The standard InChI is InChI=1S/C28H32N10O/c1-5-30-15-21(14-29)18-6-8-19(9-7-18)27-25-22(34-37(27)4)11-10-20-16-31-28(33-26(20)25)32-23-12-13-38(35-23)17-24(39)36(2)3/h6-9,12-16,21,29H,5,10-11,17H2,1-4H3,(H,31,32,33,35). The highest BCUT2D eigenvalue weighted by molar-refractivity contribution is 5.90. The average molecular weight is 525 g/mol. The van der Waals surface area contributed by atoms with Gasteiger partial charge in [-0.25, -0.2) is 9.97 Å². The molecule has 1 aliphatic rings. The molecule has 11 nitrogen and oxygen atoms in total. The summed E-state index contributed by atoms with van der Waals surface area (Å²) in [6.07, 6.45) is 8.47. The van der Waals surface area contributed by atoms with Gasteiger partial charge >= 0.3 is 0 Å². The third kappa shape index (κ3) is 5.33. The van der Waals surface area contributed by atoms with E-state index < -0.39 is 0 Å². The summed E-state index contributed by atoms with van der Waals surface area (Å²) < 4.78 is 3.50. The maximum atomic E-state index is 12.0. The van der Waals surface area contributed by atoms with Gasteiger partial charge in [-0.15, -0.1) is 0 Å². The Bertz CT molecular complexity index is 1530. The normalized spacial score (nSPS) is 13.1. The fourth-order valence-corrected chi connectivity index (χ4v) is 4.67. The van der Waals surface area contributed by atoms with E-state index >= 15 is 0 Å². The first-order valence-corrected chi connectivity index (χ1v) is 12.9. The second-order valence-corrected chi connectivity index (χ2v) is 9.64. The molecule has 1 amide bonds. The summed E-state index contributed by atoms with van der Waals surface area (Å²) in [6, 6.07) is 10.0. The Balaban J connectivity index is 1.45. The van der Waals surface area contributed by atoms with Crippen LogP contribution in [0.4, 0.5) is 11.8 Å². The summed E-state index contributed by atoms with van der Waals surface area (Å²) in [4.78, 5) is 27.3. The van der Waals surface area contributed by atoms with E-state index in [0.717, 1.165) is 52.2 Å². The van der Waals surface area contributed by atoms with E-state index in [4.69, 9.17) is 15.5 Å². The first kappa shape index (κ1) is 26.0. The zero-order chi connectivity index (χ0) is 27.5. The van der Waals surface area contributed by atoms with Crippen LogP contribution in [0.3, 0.4) is 0 Å². The van der Waals surface area contributed by atoms with Gasteiger partial charge in [-0.2, -0.15) is 10.2 Å². The molecular formula is C28H32N10O. The Morgan fingerprint density at radius 2 is 2.00 bits per heavy atom. The summed E-state index contributed by atoms with van der Waals surface area (Å²) >= 11 is 0. The number of carbonyl (C=O) groups excluding carboxylic acids is 1. The van der Waals surface area contributed by atoms with Crippen LogP contribution in [0.5, 0.6) is 0 Å². The van der Waals surface area contributed by atoms with Crippen molar-refractivity contribution < 1.29 is 4.79 Å². The van der Waals surface area contributed by atoms with Gasteiger partial charge in [0.2, 0.25) is 11.9 Å². The van der Waals surface area contributed by atoms with E-state index in [9.17, 15) is 4.79 Å². The SMILES string of the molecule is CCN=CC(C=N)c1ccc(-c2c3c(nn2C)CCc2cnc(Nc4ccn(CC(=O)N(C)C)n4)nc2-3)cc1. The number of aromatic nitrogens is 6. The minimum atomic E-state index is -0.147. The number of hydrogen-bond donors (Lipinski definition) is 2. The van der Waals surface area contributed by atoms with Crippen LogP contribution in [-0.4, -0.2) is 73.4 Å². The van der Waals surface area contributed by atoms with Crippen LogP contribution >= 0.6 is 0 Å². The fourth-order valence-electron chi connectivity index (χ4n) is 4.67. The van der Waals surface area contributed by atoms with Gasteiger partial charge in [0.15, 0.2) is 5.82 Å². The van der Waals surface area contributed by atoms with Crippen molar-refractivity contribution in [1.82, 2.24) is 34.4 Å². The van der Waals surface area contributed by atoms with Gasteiger partial charge in [0.25, 0.3) is 0 Å². The number of anilines is 2. The van der Waals surface area contributed by atoms with Gasteiger partial charge in [0.05, 0.1) is 23.0 Å². The predicted molar refractivity (Wildman–Crippen MR) is 152 cm³/mol. The molecule has 3 heterocycles. The largest absolute Gasteiger partial charge is 0.347 e. The molecule has 0 saturated heterocycles. The molecule has 1 atom stereocenters. The van der Waals surface area contributed by atoms with Crippen LogP contribution in [-0.2, 0) is 31.2 Å². The van der Waals surface area contributed by atoms with Gasteiger partial charge in [-0.1, -0.05) is 24.3 Å². The van der Waals surface area contributed by atoms with Crippen molar-refractivity contribution in [3.63, 3.8) is 0 Å². The molecule has 5 rings (SSSR count). The third-order valence-electron chi connectivity index (χ3n) is 6.73. The Kier molecular flexibility index (Phi) is 7.31. The number of aryl methyl sites for hydroxylation is 3. The molecule has 1 aliphatic carbocycles. The number of nitrogens with zero attached hydrogens (tertiary/aromatic N) is 8. The van der Waals surface area contributed by atoms with Crippen molar-refractivity contribution in [2.75, 3.05) is 26.0 Å². The predicted octanol–water partition coefficient (Wildman–Crippen LogP) is 3.49. The topological polar surface area (TPSA) is 130 Å². The molecule has 3 aromatic heterocycles. The van der Waals surface area contributed by atoms with Crippen LogP contribution in [0.2, 0.25) is 0 Å². The summed E-state index contributed by atoms with van der Waals surface area (Å²) in [5.41, 5.74) is 6.97. The lowest BCUT2D eigenvalue weighted by Gasteiger charge is -2.17. The van der Waals surface area contributed by atoms with Crippen LogP contribution in [0.1, 0.15) is 29.7 Å². The number of amides is 1. The molecule has 0 spiro atoms. The van der Waals surface area contributed by atoms with Crippen LogP contribution in [0.15, 0.2) is 47.7 Å². The first-order chi connectivity index (χ1) is 18.9. The van der Waals surface area contributed by atoms with Crippen LogP contribution in [0, 0.1) is 5.41 Å². The van der Waals surface area contributed by atoms with Crippen LogP contribution in [0.25, 0.3) is 22.5 Å². The number of hydrogen-bond acceptors (Lipinski definition) is 8. The molecule has 11 heteroatoms. The van der Waals surface area contributed by atoms with Gasteiger partial charge in [0, 0.05) is 69.7 Å². The molecule has 1 aromatic carbocycles. The maximum Gasteiger partial charge on any atom is 0.243 e. The minimum Gasteiger partial charge on any atom is -0.347 e. The number of benzene rings is 1. The van der Waals surface area contributed by atoms with Crippen molar-refractivity contribution in [1.29, 1.82) is 5.41 Å². The number of likely N-dealkylation sites (N-methyl/N-ethyl adjacent to an activating group) is 1. The Hall–Kier alpha value is -4.67. The van der Waals surface area contributed by atoms with Crippen molar-refractivity contribution in [3.05, 3.63) is 59.5 Å². The van der Waals surface area contributed by atoms with Crippen LogP contribution < -0.4 is 5.32 Å². The molecule has 0 aliphatic heterocycles. The number of fused-ring (bicyclic) bond motifs is 3. The molecule has 0 bridgehead atoms. The monoisotopic (exact) mass is 524 g/mol. The molecule has 0 saturated carbocycles.